The normalized spacial score (nSPS) is 12.0. The van der Waals surface area contributed by atoms with Gasteiger partial charge in [0.05, 0.1) is 26.2 Å². The highest BCUT2D eigenvalue weighted by Crippen LogP contribution is 2.32. The van der Waals surface area contributed by atoms with Crippen molar-refractivity contribution in [2.45, 2.75) is 39.3 Å². The molecule has 2 aromatic carbocycles. The molecule has 0 fully saturated rings. The summed E-state index contributed by atoms with van der Waals surface area (Å²) in [6, 6.07) is 8.46. The molecule has 0 aliphatic carbocycles. The number of halogens is 2. The van der Waals surface area contributed by atoms with Crippen LogP contribution in [0.3, 0.4) is 0 Å². The smallest absolute Gasteiger partial charge is 0.244 e. The van der Waals surface area contributed by atoms with Gasteiger partial charge in [-0.2, -0.15) is 0 Å². The molecule has 0 heterocycles. The quantitative estimate of drug-likeness (QED) is 0.361. The van der Waals surface area contributed by atoms with Crippen molar-refractivity contribution in [3.05, 3.63) is 52.0 Å². The summed E-state index contributed by atoms with van der Waals surface area (Å²) in [4.78, 5) is 27.8. The van der Waals surface area contributed by atoms with E-state index in [9.17, 15) is 18.0 Å². The minimum atomic E-state index is -3.90. The molecule has 0 spiro atoms. The molecule has 2 rings (SSSR count). The first-order valence-electron chi connectivity index (χ1n) is 11.6. The van der Waals surface area contributed by atoms with Gasteiger partial charge in [-0.1, -0.05) is 42.6 Å². The van der Waals surface area contributed by atoms with Crippen molar-refractivity contribution in [2.24, 2.45) is 0 Å². The Kier molecular flexibility index (Phi) is 11.3. The number of nitrogens with zero attached hydrogens (tertiary/aromatic N) is 2. The van der Waals surface area contributed by atoms with E-state index in [1.165, 1.54) is 31.3 Å². The fraction of sp³-hybridized carbons (Fsp3) is 0.440. The molecule has 2 aromatic rings. The van der Waals surface area contributed by atoms with Crippen molar-refractivity contribution in [1.29, 1.82) is 0 Å². The van der Waals surface area contributed by atoms with Crippen LogP contribution in [0.5, 0.6) is 11.5 Å². The third kappa shape index (κ3) is 8.41. The second kappa shape index (κ2) is 13.7. The molecule has 0 bridgehead atoms. The lowest BCUT2D eigenvalue weighted by molar-refractivity contribution is -0.139. The van der Waals surface area contributed by atoms with Crippen LogP contribution in [0.15, 0.2) is 36.4 Å². The monoisotopic (exact) mass is 573 g/mol. The van der Waals surface area contributed by atoms with Gasteiger partial charge in [0.25, 0.3) is 0 Å². The number of carbonyl (C=O) groups is 2. The Balaban J connectivity index is 2.44. The molecule has 0 radical (unpaired) electrons. The van der Waals surface area contributed by atoms with Gasteiger partial charge in [0.1, 0.15) is 12.6 Å². The average Bonchev–Trinajstić information content (AvgIpc) is 2.85. The molecular formula is C25H33Cl2N3O6S. The molecule has 204 valence electrons. The van der Waals surface area contributed by atoms with Gasteiger partial charge >= 0.3 is 0 Å². The van der Waals surface area contributed by atoms with E-state index in [4.69, 9.17) is 32.7 Å². The van der Waals surface area contributed by atoms with Gasteiger partial charge in [-0.05, 0) is 43.2 Å². The van der Waals surface area contributed by atoms with E-state index in [1.807, 2.05) is 6.92 Å². The summed E-state index contributed by atoms with van der Waals surface area (Å²) in [7, 11) is -1.01. The number of hydrogen-bond acceptors (Lipinski definition) is 6. The predicted molar refractivity (Wildman–Crippen MR) is 146 cm³/mol. The Morgan fingerprint density at radius 1 is 1.05 bits per heavy atom. The molecule has 0 saturated heterocycles. The Hall–Kier alpha value is -2.69. The Morgan fingerprint density at radius 3 is 2.30 bits per heavy atom. The van der Waals surface area contributed by atoms with E-state index in [0.717, 1.165) is 23.4 Å². The van der Waals surface area contributed by atoms with Crippen molar-refractivity contribution < 1.29 is 27.5 Å². The van der Waals surface area contributed by atoms with Crippen molar-refractivity contribution in [3.63, 3.8) is 0 Å². The minimum Gasteiger partial charge on any atom is -0.493 e. The fourth-order valence-electron chi connectivity index (χ4n) is 3.55. The van der Waals surface area contributed by atoms with Crippen LogP contribution in [0.1, 0.15) is 32.3 Å². The molecule has 1 N–H and O–H groups in total. The molecule has 1 atom stereocenters. The van der Waals surface area contributed by atoms with Crippen molar-refractivity contribution in [3.8, 4) is 11.5 Å². The van der Waals surface area contributed by atoms with Crippen LogP contribution in [0.2, 0.25) is 10.0 Å². The van der Waals surface area contributed by atoms with Crippen molar-refractivity contribution >= 4 is 50.7 Å². The van der Waals surface area contributed by atoms with Crippen LogP contribution in [-0.2, 0) is 26.2 Å². The highest BCUT2D eigenvalue weighted by molar-refractivity contribution is 7.92. The number of sulfonamides is 1. The SMILES string of the molecule is CCCCNC(=O)C(C)N(Cc1ccc(Cl)cc1Cl)C(=O)CN(c1ccc(OC)c(OC)c1)S(C)(=O)=O. The Morgan fingerprint density at radius 2 is 1.73 bits per heavy atom. The van der Waals surface area contributed by atoms with Gasteiger partial charge < -0.3 is 19.7 Å². The molecule has 0 aliphatic heterocycles. The lowest BCUT2D eigenvalue weighted by Crippen LogP contribution is -2.51. The van der Waals surface area contributed by atoms with E-state index < -0.39 is 28.5 Å². The van der Waals surface area contributed by atoms with Gasteiger partial charge in [0, 0.05) is 29.2 Å². The molecule has 2 amide bonds. The number of anilines is 1. The Labute approximate surface area is 228 Å². The number of rotatable bonds is 13. The summed E-state index contributed by atoms with van der Waals surface area (Å²) in [5, 5.41) is 3.57. The number of carbonyl (C=O) groups excluding carboxylic acids is 2. The Bertz CT molecular complexity index is 1210. The summed E-state index contributed by atoms with van der Waals surface area (Å²) in [5.74, 6) is -0.245. The van der Waals surface area contributed by atoms with Crippen LogP contribution in [0.4, 0.5) is 5.69 Å². The molecule has 1 unspecified atom stereocenters. The van der Waals surface area contributed by atoms with E-state index >= 15 is 0 Å². The van der Waals surface area contributed by atoms with Crippen LogP contribution >= 0.6 is 23.2 Å². The third-order valence-electron chi connectivity index (χ3n) is 5.69. The molecule has 12 heteroatoms. The summed E-state index contributed by atoms with van der Waals surface area (Å²) >= 11 is 12.4. The van der Waals surface area contributed by atoms with E-state index in [1.54, 1.807) is 31.2 Å². The number of amides is 2. The average molecular weight is 575 g/mol. The van der Waals surface area contributed by atoms with Crippen LogP contribution < -0.4 is 19.1 Å². The molecule has 0 aliphatic rings. The minimum absolute atomic E-state index is 0.0270. The number of unbranched alkanes of at least 4 members (excludes halogenated alkanes) is 1. The first-order valence-corrected chi connectivity index (χ1v) is 14.2. The first kappa shape index (κ1) is 30.5. The lowest BCUT2D eigenvalue weighted by Gasteiger charge is -2.31. The van der Waals surface area contributed by atoms with Gasteiger partial charge in [0.15, 0.2) is 11.5 Å². The summed E-state index contributed by atoms with van der Waals surface area (Å²) in [6.45, 7) is 3.48. The maximum absolute atomic E-state index is 13.6. The third-order valence-corrected chi connectivity index (χ3v) is 7.41. The number of hydrogen-bond donors (Lipinski definition) is 1. The van der Waals surface area contributed by atoms with Crippen LogP contribution in [0, 0.1) is 0 Å². The van der Waals surface area contributed by atoms with Gasteiger partial charge in [0.2, 0.25) is 21.8 Å². The fourth-order valence-corrected chi connectivity index (χ4v) is 4.86. The zero-order valence-electron chi connectivity index (χ0n) is 21.6. The number of ether oxygens (including phenoxy) is 2. The molecule has 0 aromatic heterocycles. The standard InChI is InChI=1S/C25H33Cl2N3O6S/c1-6-7-12-28-25(32)17(2)29(15-18-8-9-19(26)13-21(18)27)24(31)16-30(37(5,33)34)20-10-11-22(35-3)23(14-20)36-4/h8-11,13-14,17H,6-7,12,15-16H2,1-5H3,(H,28,32). The topological polar surface area (TPSA) is 105 Å². The van der Waals surface area contributed by atoms with Crippen LogP contribution in [-0.4, -0.2) is 64.7 Å². The van der Waals surface area contributed by atoms with Gasteiger partial charge in [-0.25, -0.2) is 8.42 Å². The largest absolute Gasteiger partial charge is 0.493 e. The predicted octanol–water partition coefficient (Wildman–Crippen LogP) is 4.11. The maximum Gasteiger partial charge on any atom is 0.244 e. The molecule has 37 heavy (non-hydrogen) atoms. The van der Waals surface area contributed by atoms with Gasteiger partial charge in [-0.15, -0.1) is 0 Å². The zero-order valence-corrected chi connectivity index (χ0v) is 23.9. The maximum atomic E-state index is 13.6. The van der Waals surface area contributed by atoms with Gasteiger partial charge in [-0.3, -0.25) is 13.9 Å². The summed E-state index contributed by atoms with van der Waals surface area (Å²) in [5.41, 5.74) is 0.766. The second-order valence-corrected chi connectivity index (χ2v) is 11.1. The summed E-state index contributed by atoms with van der Waals surface area (Å²) < 4.78 is 36.9. The van der Waals surface area contributed by atoms with Crippen molar-refractivity contribution in [1.82, 2.24) is 10.2 Å². The number of benzene rings is 2. The molecule has 9 nitrogen and oxygen atoms in total. The van der Waals surface area contributed by atoms with E-state index in [0.29, 0.717) is 33.7 Å². The lowest BCUT2D eigenvalue weighted by atomic mass is 10.1. The molecular weight excluding hydrogens is 541 g/mol. The van der Waals surface area contributed by atoms with E-state index in [2.05, 4.69) is 5.32 Å². The first-order chi connectivity index (χ1) is 17.4. The number of nitrogens with one attached hydrogen (secondary N) is 1. The highest BCUT2D eigenvalue weighted by Gasteiger charge is 2.30. The molecule has 0 saturated carbocycles. The van der Waals surface area contributed by atoms with Crippen LogP contribution in [0.25, 0.3) is 0 Å². The van der Waals surface area contributed by atoms with E-state index in [-0.39, 0.29) is 18.1 Å². The number of methoxy groups -OCH3 is 2. The summed E-state index contributed by atoms with van der Waals surface area (Å²) in [6.07, 6.45) is 2.68. The zero-order chi connectivity index (χ0) is 27.8. The highest BCUT2D eigenvalue weighted by atomic mass is 35.5. The van der Waals surface area contributed by atoms with Crippen molar-refractivity contribution in [2.75, 3.05) is 37.9 Å². The second-order valence-electron chi connectivity index (χ2n) is 8.39.